The first-order valence-electron chi connectivity index (χ1n) is 7.13. The SMILES string of the molecule is Cc1cc(NCc2nnc(-c3ccccc3)n2C)nc(C)n1. The summed E-state index contributed by atoms with van der Waals surface area (Å²) in [6.45, 7) is 4.40. The Morgan fingerprint density at radius 3 is 2.55 bits per heavy atom. The molecule has 0 fully saturated rings. The van der Waals surface area contributed by atoms with Crippen LogP contribution in [0.5, 0.6) is 0 Å². The van der Waals surface area contributed by atoms with Crippen molar-refractivity contribution < 1.29 is 0 Å². The van der Waals surface area contributed by atoms with Crippen LogP contribution in [0.15, 0.2) is 36.4 Å². The molecule has 0 spiro atoms. The zero-order valence-corrected chi connectivity index (χ0v) is 12.9. The summed E-state index contributed by atoms with van der Waals surface area (Å²) in [4.78, 5) is 8.63. The van der Waals surface area contributed by atoms with E-state index in [-0.39, 0.29) is 0 Å². The molecule has 0 unspecified atom stereocenters. The molecule has 1 N–H and O–H groups in total. The molecule has 0 aliphatic heterocycles. The zero-order chi connectivity index (χ0) is 15.5. The highest BCUT2D eigenvalue weighted by atomic mass is 15.3. The number of aryl methyl sites for hydroxylation is 2. The maximum Gasteiger partial charge on any atom is 0.163 e. The third kappa shape index (κ3) is 2.95. The number of benzene rings is 1. The Balaban J connectivity index is 1.78. The van der Waals surface area contributed by atoms with Gasteiger partial charge in [-0.2, -0.15) is 0 Å². The first kappa shape index (κ1) is 14.2. The molecule has 0 saturated carbocycles. The minimum absolute atomic E-state index is 0.562. The highest BCUT2D eigenvalue weighted by Crippen LogP contribution is 2.17. The molecular formula is C16H18N6. The van der Waals surface area contributed by atoms with E-state index in [1.165, 1.54) is 0 Å². The first-order valence-corrected chi connectivity index (χ1v) is 7.13. The number of rotatable bonds is 4. The van der Waals surface area contributed by atoms with E-state index in [1.807, 2.05) is 61.9 Å². The topological polar surface area (TPSA) is 68.5 Å². The fourth-order valence-electron chi connectivity index (χ4n) is 2.33. The summed E-state index contributed by atoms with van der Waals surface area (Å²) < 4.78 is 1.99. The summed E-state index contributed by atoms with van der Waals surface area (Å²) in [5.74, 6) is 3.26. The number of anilines is 1. The second-order valence-corrected chi connectivity index (χ2v) is 5.16. The van der Waals surface area contributed by atoms with Gasteiger partial charge in [0.15, 0.2) is 11.6 Å². The van der Waals surface area contributed by atoms with Crippen molar-refractivity contribution in [3.05, 3.63) is 53.7 Å². The minimum Gasteiger partial charge on any atom is -0.363 e. The Labute approximate surface area is 129 Å². The van der Waals surface area contributed by atoms with E-state index in [0.29, 0.717) is 6.54 Å². The highest BCUT2D eigenvalue weighted by Gasteiger charge is 2.10. The van der Waals surface area contributed by atoms with Crippen LogP contribution in [0, 0.1) is 13.8 Å². The van der Waals surface area contributed by atoms with Crippen LogP contribution in [-0.4, -0.2) is 24.7 Å². The summed E-state index contributed by atoms with van der Waals surface area (Å²) in [7, 11) is 1.97. The minimum atomic E-state index is 0.562. The molecule has 3 rings (SSSR count). The monoisotopic (exact) mass is 294 g/mol. The van der Waals surface area contributed by atoms with E-state index in [0.717, 1.165) is 34.5 Å². The molecule has 0 aliphatic rings. The van der Waals surface area contributed by atoms with Gasteiger partial charge in [-0.3, -0.25) is 0 Å². The smallest absolute Gasteiger partial charge is 0.163 e. The maximum absolute atomic E-state index is 4.36. The van der Waals surface area contributed by atoms with E-state index in [9.17, 15) is 0 Å². The lowest BCUT2D eigenvalue weighted by molar-refractivity contribution is 0.813. The quantitative estimate of drug-likeness (QED) is 0.800. The predicted molar refractivity (Wildman–Crippen MR) is 85.3 cm³/mol. The van der Waals surface area contributed by atoms with E-state index in [4.69, 9.17) is 0 Å². The molecular weight excluding hydrogens is 276 g/mol. The van der Waals surface area contributed by atoms with Crippen molar-refractivity contribution in [2.45, 2.75) is 20.4 Å². The van der Waals surface area contributed by atoms with E-state index in [1.54, 1.807) is 0 Å². The van der Waals surface area contributed by atoms with Gasteiger partial charge in [0, 0.05) is 24.4 Å². The van der Waals surface area contributed by atoms with Crippen LogP contribution in [0.3, 0.4) is 0 Å². The van der Waals surface area contributed by atoms with Gasteiger partial charge in [0.2, 0.25) is 0 Å². The normalized spacial score (nSPS) is 10.7. The van der Waals surface area contributed by atoms with E-state index >= 15 is 0 Å². The van der Waals surface area contributed by atoms with Gasteiger partial charge in [-0.25, -0.2) is 9.97 Å². The van der Waals surface area contributed by atoms with Crippen LogP contribution in [0.4, 0.5) is 5.82 Å². The van der Waals surface area contributed by atoms with Gasteiger partial charge in [0.05, 0.1) is 6.54 Å². The van der Waals surface area contributed by atoms with Gasteiger partial charge in [0.25, 0.3) is 0 Å². The van der Waals surface area contributed by atoms with Crippen molar-refractivity contribution in [3.63, 3.8) is 0 Å². The Morgan fingerprint density at radius 1 is 1.05 bits per heavy atom. The standard InChI is InChI=1S/C16H18N6/c1-11-9-14(19-12(2)18-11)17-10-15-20-21-16(22(15)3)13-7-5-4-6-8-13/h4-9H,10H2,1-3H3,(H,17,18,19). The Morgan fingerprint density at radius 2 is 1.82 bits per heavy atom. The molecule has 6 nitrogen and oxygen atoms in total. The summed E-state index contributed by atoms with van der Waals surface area (Å²) >= 11 is 0. The number of hydrogen-bond acceptors (Lipinski definition) is 5. The lowest BCUT2D eigenvalue weighted by Crippen LogP contribution is -2.08. The average Bonchev–Trinajstić information content (AvgIpc) is 2.86. The van der Waals surface area contributed by atoms with Gasteiger partial charge in [0.1, 0.15) is 11.6 Å². The van der Waals surface area contributed by atoms with Crippen molar-refractivity contribution in [2.75, 3.05) is 5.32 Å². The van der Waals surface area contributed by atoms with Crippen LogP contribution in [0.2, 0.25) is 0 Å². The van der Waals surface area contributed by atoms with Crippen LogP contribution in [0.25, 0.3) is 11.4 Å². The maximum atomic E-state index is 4.36. The van der Waals surface area contributed by atoms with Gasteiger partial charge in [-0.05, 0) is 13.8 Å². The molecule has 2 aromatic heterocycles. The number of hydrogen-bond donors (Lipinski definition) is 1. The second-order valence-electron chi connectivity index (χ2n) is 5.16. The van der Waals surface area contributed by atoms with Gasteiger partial charge in [-0.15, -0.1) is 10.2 Å². The highest BCUT2D eigenvalue weighted by molar-refractivity contribution is 5.54. The Hall–Kier alpha value is -2.76. The summed E-state index contributed by atoms with van der Waals surface area (Å²) in [5.41, 5.74) is 2.00. The molecule has 0 amide bonds. The molecule has 6 heteroatoms. The molecule has 1 aromatic carbocycles. The van der Waals surface area contributed by atoms with Crippen LogP contribution >= 0.6 is 0 Å². The van der Waals surface area contributed by atoms with E-state index in [2.05, 4.69) is 25.5 Å². The molecule has 0 atom stereocenters. The second kappa shape index (κ2) is 5.93. The lowest BCUT2D eigenvalue weighted by atomic mass is 10.2. The number of nitrogens with one attached hydrogen (secondary N) is 1. The molecule has 0 saturated heterocycles. The Kier molecular flexibility index (Phi) is 3.82. The van der Waals surface area contributed by atoms with Crippen molar-refractivity contribution in [1.82, 2.24) is 24.7 Å². The van der Waals surface area contributed by atoms with Crippen molar-refractivity contribution >= 4 is 5.82 Å². The molecule has 3 aromatic rings. The lowest BCUT2D eigenvalue weighted by Gasteiger charge is -2.07. The largest absolute Gasteiger partial charge is 0.363 e. The molecule has 22 heavy (non-hydrogen) atoms. The molecule has 112 valence electrons. The zero-order valence-electron chi connectivity index (χ0n) is 12.9. The summed E-state index contributed by atoms with van der Waals surface area (Å²) in [6.07, 6.45) is 0. The van der Waals surface area contributed by atoms with Crippen molar-refractivity contribution in [2.24, 2.45) is 7.05 Å². The van der Waals surface area contributed by atoms with Gasteiger partial charge >= 0.3 is 0 Å². The van der Waals surface area contributed by atoms with Crippen molar-refractivity contribution in [1.29, 1.82) is 0 Å². The van der Waals surface area contributed by atoms with Crippen LogP contribution < -0.4 is 5.32 Å². The Bertz CT molecular complexity index is 758. The predicted octanol–water partition coefficient (Wildman–Crippen LogP) is 2.50. The third-order valence-electron chi connectivity index (χ3n) is 3.39. The van der Waals surface area contributed by atoms with Crippen LogP contribution in [-0.2, 0) is 13.6 Å². The van der Waals surface area contributed by atoms with Gasteiger partial charge < -0.3 is 9.88 Å². The van der Waals surface area contributed by atoms with Crippen molar-refractivity contribution in [3.8, 4) is 11.4 Å². The fraction of sp³-hybridized carbons (Fsp3) is 0.250. The molecule has 2 heterocycles. The average molecular weight is 294 g/mol. The summed E-state index contributed by atoms with van der Waals surface area (Å²) in [6, 6.07) is 11.9. The van der Waals surface area contributed by atoms with E-state index < -0.39 is 0 Å². The van der Waals surface area contributed by atoms with Gasteiger partial charge in [-0.1, -0.05) is 30.3 Å². The molecule has 0 bridgehead atoms. The molecule has 0 aliphatic carbocycles. The summed E-state index contributed by atoms with van der Waals surface area (Å²) in [5, 5.41) is 11.8. The first-order chi connectivity index (χ1) is 10.6. The fourth-order valence-corrected chi connectivity index (χ4v) is 2.33. The number of nitrogens with zero attached hydrogens (tertiary/aromatic N) is 5. The number of aromatic nitrogens is 5. The third-order valence-corrected chi connectivity index (χ3v) is 3.39. The van der Waals surface area contributed by atoms with Crippen LogP contribution in [0.1, 0.15) is 17.3 Å². The molecule has 0 radical (unpaired) electrons.